The van der Waals surface area contributed by atoms with E-state index in [0.717, 1.165) is 0 Å². The number of nitrogens with zero attached hydrogens (tertiary/aromatic N) is 4. The van der Waals surface area contributed by atoms with Crippen LogP contribution in [0.3, 0.4) is 0 Å². The van der Waals surface area contributed by atoms with Crippen LogP contribution in [-0.4, -0.2) is 65.6 Å². The molecular formula is C23H24ClFN6O3. The third-order valence-corrected chi connectivity index (χ3v) is 5.96. The van der Waals surface area contributed by atoms with Crippen molar-refractivity contribution in [3.05, 3.63) is 59.4 Å². The van der Waals surface area contributed by atoms with Gasteiger partial charge in [0.25, 0.3) is 5.91 Å². The summed E-state index contributed by atoms with van der Waals surface area (Å²) >= 11 is 5.97. The van der Waals surface area contributed by atoms with E-state index < -0.39 is 17.8 Å². The highest BCUT2D eigenvalue weighted by Crippen LogP contribution is 2.26. The summed E-state index contributed by atoms with van der Waals surface area (Å²) in [6.45, 7) is 1.58. The predicted molar refractivity (Wildman–Crippen MR) is 127 cm³/mol. The normalized spacial score (nSPS) is 18.4. The van der Waals surface area contributed by atoms with Gasteiger partial charge in [0.15, 0.2) is 0 Å². The number of rotatable bonds is 4. The Morgan fingerprint density at radius 1 is 1.03 bits per heavy atom. The average molecular weight is 487 g/mol. The van der Waals surface area contributed by atoms with E-state index >= 15 is 0 Å². The minimum atomic E-state index is -0.837. The summed E-state index contributed by atoms with van der Waals surface area (Å²) in [5, 5.41) is 9.04. The average Bonchev–Trinajstić information content (AvgIpc) is 3.10. The van der Waals surface area contributed by atoms with Crippen molar-refractivity contribution >= 4 is 46.5 Å². The molecule has 0 aliphatic carbocycles. The lowest BCUT2D eigenvalue weighted by Crippen LogP contribution is -2.42. The van der Waals surface area contributed by atoms with Gasteiger partial charge in [0, 0.05) is 43.3 Å². The zero-order chi connectivity index (χ0) is 24.2. The second-order valence-electron chi connectivity index (χ2n) is 8.06. The second kappa shape index (κ2) is 10.1. The molecule has 2 aromatic rings. The molecule has 2 aliphatic heterocycles. The third kappa shape index (κ3) is 5.28. The maximum atomic E-state index is 13.3. The zero-order valence-electron chi connectivity index (χ0n) is 18.3. The molecule has 0 radical (unpaired) electrons. The van der Waals surface area contributed by atoms with Gasteiger partial charge in [0.1, 0.15) is 17.6 Å². The Bertz CT molecular complexity index is 1130. The van der Waals surface area contributed by atoms with Gasteiger partial charge >= 0.3 is 6.03 Å². The van der Waals surface area contributed by atoms with Crippen molar-refractivity contribution in [2.24, 2.45) is 10.8 Å². The molecule has 34 heavy (non-hydrogen) atoms. The van der Waals surface area contributed by atoms with Crippen molar-refractivity contribution in [1.29, 1.82) is 0 Å². The monoisotopic (exact) mass is 486 g/mol. The van der Waals surface area contributed by atoms with Gasteiger partial charge < -0.3 is 20.9 Å². The molecule has 0 bridgehead atoms. The minimum Gasteiger partial charge on any atom is -0.368 e. The summed E-state index contributed by atoms with van der Waals surface area (Å²) in [4.78, 5) is 41.1. The number of amides is 4. The van der Waals surface area contributed by atoms with Gasteiger partial charge in [0.2, 0.25) is 5.91 Å². The lowest BCUT2D eigenvalue weighted by molar-refractivity contribution is -0.124. The number of carbonyl (C=O) groups is 3. The summed E-state index contributed by atoms with van der Waals surface area (Å²) < 4.78 is 13.3. The van der Waals surface area contributed by atoms with Crippen LogP contribution in [-0.2, 0) is 9.59 Å². The number of hydrogen-bond acceptors (Lipinski definition) is 5. The molecule has 2 aliphatic rings. The van der Waals surface area contributed by atoms with Gasteiger partial charge in [-0.25, -0.2) is 9.18 Å². The first-order chi connectivity index (χ1) is 16.3. The predicted octanol–water partition coefficient (Wildman–Crippen LogP) is 2.67. The van der Waals surface area contributed by atoms with E-state index in [-0.39, 0.29) is 24.1 Å². The fourth-order valence-corrected chi connectivity index (χ4v) is 4.16. The Labute approximate surface area is 200 Å². The van der Waals surface area contributed by atoms with Crippen LogP contribution in [0.1, 0.15) is 12.8 Å². The van der Waals surface area contributed by atoms with Crippen LogP contribution in [0, 0.1) is 5.82 Å². The van der Waals surface area contributed by atoms with Crippen molar-refractivity contribution in [3.63, 3.8) is 0 Å². The van der Waals surface area contributed by atoms with Crippen LogP contribution in [0.4, 0.5) is 20.6 Å². The number of nitrogens with one attached hydrogen (secondary N) is 1. The SMILES string of the molecule is NC(=O)C1CC(C(=O)N2CCCN(C(=O)Nc3cccc(Cl)c3)CC2)=NN1c1ccc(F)cc1. The quantitative estimate of drug-likeness (QED) is 0.692. The molecule has 1 fully saturated rings. The topological polar surface area (TPSA) is 111 Å². The molecule has 2 aromatic carbocycles. The highest BCUT2D eigenvalue weighted by atomic mass is 35.5. The Hall–Kier alpha value is -3.66. The molecular weight excluding hydrogens is 463 g/mol. The summed E-state index contributed by atoms with van der Waals surface area (Å²) in [6, 6.07) is 11.2. The standard InChI is InChI=1S/C23H24ClFN6O3/c24-15-3-1-4-17(13-15)27-23(34)30-10-2-9-29(11-12-30)22(33)19-14-20(21(26)32)31(28-19)18-7-5-16(25)6-8-18/h1,3-8,13,20H,2,9-12,14H2,(H2,26,32)(H,27,34). The van der Waals surface area contributed by atoms with Gasteiger partial charge in [0.05, 0.1) is 5.69 Å². The molecule has 3 N–H and O–H groups in total. The van der Waals surface area contributed by atoms with Crippen LogP contribution in [0.25, 0.3) is 0 Å². The second-order valence-corrected chi connectivity index (χ2v) is 8.50. The van der Waals surface area contributed by atoms with Gasteiger partial charge in [-0.15, -0.1) is 0 Å². The van der Waals surface area contributed by atoms with Crippen LogP contribution in [0.2, 0.25) is 5.02 Å². The van der Waals surface area contributed by atoms with Crippen molar-refractivity contribution in [2.45, 2.75) is 18.9 Å². The lowest BCUT2D eigenvalue weighted by Gasteiger charge is -2.22. The zero-order valence-corrected chi connectivity index (χ0v) is 19.0. The molecule has 4 rings (SSSR count). The Morgan fingerprint density at radius 2 is 1.74 bits per heavy atom. The number of nitrogens with two attached hydrogens (primary N) is 1. The first kappa shape index (κ1) is 23.5. The number of benzene rings is 2. The van der Waals surface area contributed by atoms with Gasteiger partial charge in [-0.2, -0.15) is 5.10 Å². The molecule has 1 atom stereocenters. The molecule has 2 heterocycles. The van der Waals surface area contributed by atoms with Crippen LogP contribution in [0.5, 0.6) is 0 Å². The van der Waals surface area contributed by atoms with Crippen molar-refractivity contribution in [2.75, 3.05) is 36.5 Å². The highest BCUT2D eigenvalue weighted by molar-refractivity contribution is 6.40. The van der Waals surface area contributed by atoms with Crippen LogP contribution in [0.15, 0.2) is 53.6 Å². The van der Waals surface area contributed by atoms with E-state index in [0.29, 0.717) is 49.0 Å². The van der Waals surface area contributed by atoms with Crippen LogP contribution >= 0.6 is 11.6 Å². The van der Waals surface area contributed by atoms with Gasteiger partial charge in [-0.05, 0) is 48.9 Å². The number of hydrogen-bond donors (Lipinski definition) is 2. The van der Waals surface area contributed by atoms with E-state index in [1.165, 1.54) is 29.3 Å². The van der Waals surface area contributed by atoms with Gasteiger partial charge in [-0.3, -0.25) is 14.6 Å². The Kier molecular flexibility index (Phi) is 6.97. The fraction of sp³-hybridized carbons (Fsp3) is 0.304. The summed E-state index contributed by atoms with van der Waals surface area (Å²) in [7, 11) is 0. The number of urea groups is 1. The molecule has 1 unspecified atom stereocenters. The molecule has 0 spiro atoms. The molecule has 0 saturated carbocycles. The largest absolute Gasteiger partial charge is 0.368 e. The lowest BCUT2D eigenvalue weighted by atomic mass is 10.1. The molecule has 1 saturated heterocycles. The summed E-state index contributed by atoms with van der Waals surface area (Å²) in [6.07, 6.45) is 0.643. The molecule has 178 valence electrons. The number of halogens is 2. The number of anilines is 2. The van der Waals surface area contributed by atoms with Gasteiger partial charge in [-0.1, -0.05) is 17.7 Å². The van der Waals surface area contributed by atoms with Crippen LogP contribution < -0.4 is 16.1 Å². The Morgan fingerprint density at radius 3 is 2.44 bits per heavy atom. The molecule has 0 aromatic heterocycles. The maximum Gasteiger partial charge on any atom is 0.321 e. The highest BCUT2D eigenvalue weighted by Gasteiger charge is 2.37. The first-order valence-electron chi connectivity index (χ1n) is 10.8. The first-order valence-corrected chi connectivity index (χ1v) is 11.2. The molecule has 4 amide bonds. The van der Waals surface area contributed by atoms with Crippen molar-refractivity contribution in [3.8, 4) is 0 Å². The van der Waals surface area contributed by atoms with E-state index in [4.69, 9.17) is 17.3 Å². The third-order valence-electron chi connectivity index (χ3n) is 5.72. The van der Waals surface area contributed by atoms with Crippen molar-refractivity contribution < 1.29 is 18.8 Å². The van der Waals surface area contributed by atoms with E-state index in [1.54, 1.807) is 34.1 Å². The van der Waals surface area contributed by atoms with Crippen molar-refractivity contribution in [1.82, 2.24) is 9.80 Å². The van der Waals surface area contributed by atoms with E-state index in [1.807, 2.05) is 0 Å². The molecule has 11 heteroatoms. The fourth-order valence-electron chi connectivity index (χ4n) is 3.97. The number of carbonyl (C=O) groups excluding carboxylic acids is 3. The van der Waals surface area contributed by atoms with E-state index in [9.17, 15) is 18.8 Å². The maximum absolute atomic E-state index is 13.3. The summed E-state index contributed by atoms with van der Waals surface area (Å²) in [5.41, 5.74) is 6.79. The summed E-state index contributed by atoms with van der Waals surface area (Å²) in [5.74, 6) is -1.36. The smallest absolute Gasteiger partial charge is 0.321 e. The number of primary amides is 1. The Balaban J connectivity index is 1.42. The minimum absolute atomic E-state index is 0.0566. The van der Waals surface area contributed by atoms with E-state index in [2.05, 4.69) is 10.4 Å². The number of hydrazone groups is 1. The molecule has 9 nitrogen and oxygen atoms in total.